The van der Waals surface area contributed by atoms with Gasteiger partial charge in [-0.05, 0) is 55.7 Å². The molecule has 3 aliphatic rings. The smallest absolute Gasteiger partial charge is 0.261 e. The number of hydrogen-bond donors (Lipinski definition) is 1. The second-order valence-electron chi connectivity index (χ2n) is 13.1. The zero-order valence-electron chi connectivity index (χ0n) is 27.5. The van der Waals surface area contributed by atoms with Crippen LogP contribution in [0.15, 0.2) is 59.5 Å². The highest BCUT2D eigenvalue weighted by molar-refractivity contribution is 6.32. The van der Waals surface area contributed by atoms with Gasteiger partial charge in [0.25, 0.3) is 5.91 Å². The quantitative estimate of drug-likeness (QED) is 0.136. The first-order valence-electron chi connectivity index (χ1n) is 16.6. The number of rotatable bonds is 13. The van der Waals surface area contributed by atoms with Crippen LogP contribution in [0, 0.1) is 11.6 Å². The average Bonchev–Trinajstić information content (AvgIpc) is 3.06. The van der Waals surface area contributed by atoms with Crippen LogP contribution in [0.4, 0.5) is 20.3 Å². The van der Waals surface area contributed by atoms with E-state index >= 15 is 0 Å². The van der Waals surface area contributed by atoms with E-state index in [9.17, 15) is 18.4 Å². The van der Waals surface area contributed by atoms with Crippen LogP contribution in [-0.2, 0) is 0 Å². The first-order valence-corrected chi connectivity index (χ1v) is 17.0. The highest BCUT2D eigenvalue weighted by Gasteiger charge is 2.37. The molecule has 3 aliphatic heterocycles. The second-order valence-corrected chi connectivity index (χ2v) is 13.5. The fraction of sp³-hybridized carbons (Fsp3) is 0.417. The molecule has 1 N–H and O–H groups in total. The van der Waals surface area contributed by atoms with Crippen molar-refractivity contribution in [2.45, 2.75) is 32.1 Å². The van der Waals surface area contributed by atoms with Gasteiger partial charge in [-0.25, -0.2) is 13.8 Å². The number of nitrogens with zero attached hydrogens (tertiary/aromatic N) is 5. The minimum absolute atomic E-state index is 0.118. The maximum absolute atomic E-state index is 13.8. The van der Waals surface area contributed by atoms with Gasteiger partial charge in [-0.1, -0.05) is 24.4 Å². The molecule has 0 radical (unpaired) electrons. The molecule has 1 amide bonds. The molecule has 3 saturated heterocycles. The van der Waals surface area contributed by atoms with Crippen molar-refractivity contribution < 1.29 is 22.8 Å². The molecule has 5 heterocycles. The number of nitrogens with one attached hydrogen (secondary N) is 1. The summed E-state index contributed by atoms with van der Waals surface area (Å²) >= 11 is 6.79. The maximum Gasteiger partial charge on any atom is 0.261 e. The van der Waals surface area contributed by atoms with Gasteiger partial charge >= 0.3 is 0 Å². The normalized spacial score (nSPS) is 18.6. The third kappa shape index (κ3) is 7.64. The number of fused-ring (bicyclic) bond motifs is 4. The van der Waals surface area contributed by atoms with Gasteiger partial charge in [-0.3, -0.25) is 19.1 Å². The SMILES string of the molecule is CN(C)c1ccc2c(=O)c(C(=O)Nc3cc(F)cc(F)c3)cn(-c3ccc(OCCCCCCC[N+]45CCN(CC4)CC5)cc3Cl)c2n1. The van der Waals surface area contributed by atoms with Gasteiger partial charge < -0.3 is 19.4 Å². The molecule has 0 spiro atoms. The Bertz CT molecular complexity index is 1820. The lowest BCUT2D eigenvalue weighted by atomic mass is 10.1. The van der Waals surface area contributed by atoms with E-state index in [1.54, 1.807) is 39.8 Å². The van der Waals surface area contributed by atoms with Crippen LogP contribution in [-0.4, -0.2) is 91.4 Å². The highest BCUT2D eigenvalue weighted by Crippen LogP contribution is 2.29. The van der Waals surface area contributed by atoms with Crippen molar-refractivity contribution in [1.82, 2.24) is 14.5 Å². The van der Waals surface area contributed by atoms with Crippen molar-refractivity contribution in [3.8, 4) is 11.4 Å². The van der Waals surface area contributed by atoms with Crippen LogP contribution in [0.5, 0.6) is 5.75 Å². The van der Waals surface area contributed by atoms with Gasteiger partial charge in [0, 0.05) is 57.7 Å². The predicted octanol–water partition coefficient (Wildman–Crippen LogP) is 6.11. The number of carbonyl (C=O) groups is 1. The molecule has 4 aromatic rings. The molecule has 7 rings (SSSR count). The zero-order valence-corrected chi connectivity index (χ0v) is 28.2. The second kappa shape index (κ2) is 14.6. The lowest BCUT2D eigenvalue weighted by molar-refractivity contribution is -0.941. The Morgan fingerprint density at radius 1 is 0.958 bits per heavy atom. The molecule has 254 valence electrons. The average molecular weight is 680 g/mol. The van der Waals surface area contributed by atoms with E-state index < -0.39 is 23.0 Å². The van der Waals surface area contributed by atoms with Gasteiger partial charge in [0.2, 0.25) is 5.43 Å². The molecule has 2 aromatic carbocycles. The van der Waals surface area contributed by atoms with Gasteiger partial charge in [0.1, 0.15) is 28.8 Å². The Labute approximate surface area is 284 Å². The van der Waals surface area contributed by atoms with Crippen LogP contribution in [0.1, 0.15) is 42.5 Å². The lowest BCUT2D eigenvalue weighted by Gasteiger charge is -2.50. The van der Waals surface area contributed by atoms with Crippen LogP contribution >= 0.6 is 11.6 Å². The van der Waals surface area contributed by atoms with Gasteiger partial charge in [0.05, 0.1) is 48.9 Å². The van der Waals surface area contributed by atoms with Gasteiger partial charge in [-0.2, -0.15) is 0 Å². The van der Waals surface area contributed by atoms with Crippen LogP contribution in [0.2, 0.25) is 5.02 Å². The zero-order chi connectivity index (χ0) is 33.8. The van der Waals surface area contributed by atoms with Crippen molar-refractivity contribution in [1.29, 1.82) is 0 Å². The first-order chi connectivity index (χ1) is 23.1. The van der Waals surface area contributed by atoms with E-state index in [-0.39, 0.29) is 16.6 Å². The number of ether oxygens (including phenoxy) is 1. The molecule has 0 atom stereocenters. The molecule has 0 aliphatic carbocycles. The number of benzene rings is 2. The Balaban J connectivity index is 1.13. The lowest BCUT2D eigenvalue weighted by Crippen LogP contribution is -2.67. The minimum atomic E-state index is -0.857. The number of aromatic nitrogens is 2. The predicted molar refractivity (Wildman–Crippen MR) is 186 cm³/mol. The summed E-state index contributed by atoms with van der Waals surface area (Å²) in [6.45, 7) is 9.62. The number of unbranched alkanes of at least 4 members (excludes halogenated alkanes) is 4. The number of amides is 1. The molecule has 2 aromatic heterocycles. The summed E-state index contributed by atoms with van der Waals surface area (Å²) in [7, 11) is 3.65. The Morgan fingerprint density at radius 2 is 1.65 bits per heavy atom. The van der Waals surface area contributed by atoms with E-state index in [1.165, 1.54) is 75.8 Å². The molecule has 0 saturated carbocycles. The van der Waals surface area contributed by atoms with Crippen LogP contribution < -0.4 is 20.4 Å². The number of quaternary nitrogens is 1. The number of anilines is 2. The summed E-state index contributed by atoms with van der Waals surface area (Å²) in [4.78, 5) is 35.8. The monoisotopic (exact) mass is 679 g/mol. The van der Waals surface area contributed by atoms with Gasteiger partial charge in [0.15, 0.2) is 5.65 Å². The fourth-order valence-corrected chi connectivity index (χ4v) is 6.98. The number of carbonyl (C=O) groups excluding carboxylic acids is 1. The maximum atomic E-state index is 13.8. The molecular formula is C36H42ClF2N6O3+. The van der Waals surface area contributed by atoms with E-state index in [2.05, 4.69) is 15.2 Å². The minimum Gasteiger partial charge on any atom is -0.494 e. The van der Waals surface area contributed by atoms with E-state index in [0.717, 1.165) is 25.0 Å². The van der Waals surface area contributed by atoms with Crippen molar-refractivity contribution in [2.75, 3.05) is 76.7 Å². The molecule has 9 nitrogen and oxygen atoms in total. The first kappa shape index (κ1) is 33.8. The topological polar surface area (TPSA) is 79.7 Å². The largest absolute Gasteiger partial charge is 0.494 e. The Kier molecular flexibility index (Phi) is 10.3. The number of pyridine rings is 2. The third-order valence-electron chi connectivity index (χ3n) is 9.56. The summed E-state index contributed by atoms with van der Waals surface area (Å²) in [5.41, 5.74) is -0.173. The molecular weight excluding hydrogens is 638 g/mol. The summed E-state index contributed by atoms with van der Waals surface area (Å²) in [6, 6.07) is 11.2. The fourth-order valence-electron chi connectivity index (χ4n) is 6.72. The molecule has 2 bridgehead atoms. The van der Waals surface area contributed by atoms with Gasteiger partial charge in [-0.15, -0.1) is 0 Å². The number of halogens is 3. The van der Waals surface area contributed by atoms with Crippen molar-refractivity contribution in [2.24, 2.45) is 0 Å². The summed E-state index contributed by atoms with van der Waals surface area (Å²) in [5.74, 6) is -1.33. The Hall–Kier alpha value is -4.06. The highest BCUT2D eigenvalue weighted by atomic mass is 35.5. The van der Waals surface area contributed by atoms with Crippen molar-refractivity contribution >= 4 is 40.0 Å². The third-order valence-corrected chi connectivity index (χ3v) is 9.86. The van der Waals surface area contributed by atoms with E-state index in [0.29, 0.717) is 40.6 Å². The summed E-state index contributed by atoms with van der Waals surface area (Å²) in [5, 5.41) is 2.94. The van der Waals surface area contributed by atoms with E-state index in [4.69, 9.17) is 16.3 Å². The molecule has 3 fully saturated rings. The van der Waals surface area contributed by atoms with Crippen LogP contribution in [0.3, 0.4) is 0 Å². The van der Waals surface area contributed by atoms with Crippen LogP contribution in [0.25, 0.3) is 16.7 Å². The number of hydrogen-bond acceptors (Lipinski definition) is 6. The molecule has 12 heteroatoms. The summed E-state index contributed by atoms with van der Waals surface area (Å²) < 4.78 is 36.5. The molecule has 48 heavy (non-hydrogen) atoms. The van der Waals surface area contributed by atoms with Crippen molar-refractivity contribution in [3.63, 3.8) is 0 Å². The summed E-state index contributed by atoms with van der Waals surface area (Å²) in [6.07, 6.45) is 7.13. The number of piperazine rings is 3. The Morgan fingerprint density at radius 3 is 2.33 bits per heavy atom. The standard InChI is InChI=1S/C36H41ClF2N6O3/c1-42(2)33-11-9-29-34(46)30(36(47)40-27-21-25(38)20-26(39)22-27)24-44(35(29)41-33)32-10-8-28(23-31(32)37)48-19-7-5-3-4-6-15-45-16-12-43(13-17-45)14-18-45/h8-11,20-24H,3-7,12-19H2,1-2H3/p+1. The van der Waals surface area contributed by atoms with Crippen molar-refractivity contribution in [3.05, 3.63) is 87.2 Å². The van der Waals surface area contributed by atoms with E-state index in [1.807, 2.05) is 14.1 Å². The molecule has 0 unspecified atom stereocenters.